The lowest BCUT2D eigenvalue weighted by Gasteiger charge is -2.33. The van der Waals surface area contributed by atoms with Gasteiger partial charge in [0.25, 0.3) is 0 Å². The van der Waals surface area contributed by atoms with Crippen molar-refractivity contribution < 1.29 is 14.3 Å². The average molecular weight is 302 g/mol. The van der Waals surface area contributed by atoms with Crippen molar-refractivity contribution >= 4 is 12.0 Å². The van der Waals surface area contributed by atoms with Gasteiger partial charge in [0, 0.05) is 12.6 Å². The van der Waals surface area contributed by atoms with Crippen LogP contribution in [0.4, 0.5) is 4.79 Å². The highest BCUT2D eigenvalue weighted by atomic mass is 16.5. The van der Waals surface area contributed by atoms with E-state index in [0.29, 0.717) is 6.54 Å². The van der Waals surface area contributed by atoms with Crippen molar-refractivity contribution in [2.24, 2.45) is 5.92 Å². The molecule has 1 saturated heterocycles. The van der Waals surface area contributed by atoms with Gasteiger partial charge in [0.05, 0.1) is 0 Å². The van der Waals surface area contributed by atoms with Crippen LogP contribution in [0.3, 0.4) is 0 Å². The van der Waals surface area contributed by atoms with Gasteiger partial charge in [-0.15, -0.1) is 0 Å². The average Bonchev–Trinajstić information content (AvgIpc) is 3.14. The number of esters is 1. The van der Waals surface area contributed by atoms with Gasteiger partial charge in [-0.3, -0.25) is 0 Å². The number of rotatable bonds is 4. The van der Waals surface area contributed by atoms with E-state index in [-0.39, 0.29) is 30.6 Å². The molecule has 118 valence electrons. The van der Waals surface area contributed by atoms with Crippen molar-refractivity contribution in [2.45, 2.75) is 44.9 Å². The molecule has 5 heteroatoms. The van der Waals surface area contributed by atoms with E-state index in [4.69, 9.17) is 4.74 Å². The summed E-state index contributed by atoms with van der Waals surface area (Å²) in [5.41, 5.74) is 0.962. The zero-order chi connectivity index (χ0) is 15.5. The maximum Gasteiger partial charge on any atom is 0.329 e. The Bertz CT molecular complexity index is 546. The summed E-state index contributed by atoms with van der Waals surface area (Å²) in [4.78, 5) is 26.4. The molecule has 1 aliphatic carbocycles. The van der Waals surface area contributed by atoms with Gasteiger partial charge in [0.15, 0.2) is 0 Å². The number of ether oxygens (including phenoxy) is 1. The smallest absolute Gasteiger partial charge is 0.329 e. The third-order valence-corrected chi connectivity index (χ3v) is 4.61. The van der Waals surface area contributed by atoms with Gasteiger partial charge in [0.1, 0.15) is 12.6 Å². The normalized spacial score (nSPS) is 26.0. The van der Waals surface area contributed by atoms with Crippen molar-refractivity contribution in [3.8, 4) is 0 Å². The summed E-state index contributed by atoms with van der Waals surface area (Å²) in [6.45, 7) is 2.71. The number of piperidine rings is 1. The Balaban J connectivity index is 1.66. The lowest BCUT2D eigenvalue weighted by atomic mass is 9.99. The number of urea groups is 1. The predicted octanol–water partition coefficient (Wildman–Crippen LogP) is 2.31. The van der Waals surface area contributed by atoms with Crippen LogP contribution in [0.1, 0.15) is 31.7 Å². The number of carbonyl (C=O) groups is 2. The number of hydrogen-bond donors (Lipinski definition) is 1. The second-order valence-electron chi connectivity index (χ2n) is 6.01. The summed E-state index contributed by atoms with van der Waals surface area (Å²) >= 11 is 0. The van der Waals surface area contributed by atoms with Gasteiger partial charge in [-0.25, -0.2) is 9.59 Å². The first-order chi connectivity index (χ1) is 10.7. The molecule has 3 atom stereocenters. The fourth-order valence-electron chi connectivity index (χ4n) is 3.64. The molecule has 1 aromatic carbocycles. The summed E-state index contributed by atoms with van der Waals surface area (Å²) in [6, 6.07) is 9.24. The predicted molar refractivity (Wildman–Crippen MR) is 82.1 cm³/mol. The standard InChI is InChI=1S/C17H22N2O3/c1-2-18-17(21)19-14-9-8-13(10-14)15(19)16(20)22-11-12-6-4-3-5-7-12/h3-7,13-15H,2,8-11H2,1H3,(H,18,21)/t13-,14-,15+/m0/s1. The van der Waals surface area contributed by atoms with E-state index in [1.54, 1.807) is 4.90 Å². The molecule has 0 spiro atoms. The highest BCUT2D eigenvalue weighted by Gasteiger charge is 2.52. The summed E-state index contributed by atoms with van der Waals surface area (Å²) < 4.78 is 5.46. The molecule has 0 unspecified atom stereocenters. The fraction of sp³-hybridized carbons (Fsp3) is 0.529. The number of benzene rings is 1. The first-order valence-corrected chi connectivity index (χ1v) is 7.97. The Morgan fingerprint density at radius 1 is 1.27 bits per heavy atom. The largest absolute Gasteiger partial charge is 0.459 e. The molecule has 2 amide bonds. The molecule has 2 fully saturated rings. The molecular weight excluding hydrogens is 280 g/mol. The van der Waals surface area contributed by atoms with Crippen molar-refractivity contribution in [1.82, 2.24) is 10.2 Å². The summed E-state index contributed by atoms with van der Waals surface area (Å²) in [5.74, 6) is -0.0295. The van der Waals surface area contributed by atoms with Crippen LogP contribution in [-0.2, 0) is 16.1 Å². The molecule has 1 saturated carbocycles. The minimum Gasteiger partial charge on any atom is -0.459 e. The number of hydrogen-bond acceptors (Lipinski definition) is 3. The molecular formula is C17H22N2O3. The Morgan fingerprint density at radius 2 is 2.05 bits per heavy atom. The van der Waals surface area contributed by atoms with Crippen LogP contribution in [-0.4, -0.2) is 35.5 Å². The third-order valence-electron chi connectivity index (χ3n) is 4.61. The van der Waals surface area contributed by atoms with Gasteiger partial charge >= 0.3 is 12.0 Å². The Kier molecular flexibility index (Phi) is 4.32. The molecule has 2 aliphatic rings. The van der Waals surface area contributed by atoms with E-state index < -0.39 is 6.04 Å². The van der Waals surface area contributed by atoms with Crippen LogP contribution in [0, 0.1) is 5.92 Å². The topological polar surface area (TPSA) is 58.6 Å². The number of nitrogens with zero attached hydrogens (tertiary/aromatic N) is 1. The number of amides is 2. The molecule has 0 aromatic heterocycles. The minimum atomic E-state index is -0.422. The second-order valence-corrected chi connectivity index (χ2v) is 6.01. The van der Waals surface area contributed by atoms with Crippen LogP contribution in [0.25, 0.3) is 0 Å². The van der Waals surface area contributed by atoms with Crippen LogP contribution in [0.5, 0.6) is 0 Å². The zero-order valence-corrected chi connectivity index (χ0v) is 12.8. The highest BCUT2D eigenvalue weighted by molar-refractivity contribution is 5.85. The first kappa shape index (κ1) is 14.9. The Morgan fingerprint density at radius 3 is 2.77 bits per heavy atom. The Hall–Kier alpha value is -2.04. The van der Waals surface area contributed by atoms with E-state index in [1.165, 1.54) is 0 Å². The molecule has 1 aromatic rings. The number of carbonyl (C=O) groups excluding carboxylic acids is 2. The van der Waals surface area contributed by atoms with Gasteiger partial charge in [0.2, 0.25) is 0 Å². The van der Waals surface area contributed by atoms with Crippen molar-refractivity contribution in [3.05, 3.63) is 35.9 Å². The van der Waals surface area contributed by atoms with Crippen molar-refractivity contribution in [1.29, 1.82) is 0 Å². The van der Waals surface area contributed by atoms with Crippen molar-refractivity contribution in [3.63, 3.8) is 0 Å². The maximum absolute atomic E-state index is 12.5. The van der Waals surface area contributed by atoms with Crippen LogP contribution >= 0.6 is 0 Å². The number of fused-ring (bicyclic) bond motifs is 2. The van der Waals surface area contributed by atoms with E-state index in [1.807, 2.05) is 37.3 Å². The van der Waals surface area contributed by atoms with Gasteiger partial charge < -0.3 is 15.0 Å². The molecule has 2 bridgehead atoms. The van der Waals surface area contributed by atoms with E-state index in [9.17, 15) is 9.59 Å². The summed E-state index contributed by atoms with van der Waals surface area (Å²) in [6.07, 6.45) is 2.91. The molecule has 1 N–H and O–H groups in total. The van der Waals surface area contributed by atoms with Gasteiger partial charge in [-0.2, -0.15) is 0 Å². The first-order valence-electron chi connectivity index (χ1n) is 7.97. The van der Waals surface area contributed by atoms with Gasteiger partial charge in [-0.05, 0) is 37.7 Å². The molecule has 5 nitrogen and oxygen atoms in total. The van der Waals surface area contributed by atoms with Crippen molar-refractivity contribution in [2.75, 3.05) is 6.54 Å². The summed E-state index contributed by atoms with van der Waals surface area (Å²) in [7, 11) is 0. The third kappa shape index (κ3) is 2.80. The zero-order valence-electron chi connectivity index (χ0n) is 12.8. The molecule has 0 radical (unpaired) electrons. The van der Waals surface area contributed by atoms with E-state index >= 15 is 0 Å². The van der Waals surface area contributed by atoms with Crippen LogP contribution in [0.2, 0.25) is 0 Å². The summed E-state index contributed by atoms with van der Waals surface area (Å²) in [5, 5.41) is 2.81. The number of nitrogens with one attached hydrogen (secondary N) is 1. The van der Waals surface area contributed by atoms with Crippen LogP contribution < -0.4 is 5.32 Å². The maximum atomic E-state index is 12.5. The minimum absolute atomic E-state index is 0.142. The molecule has 1 aliphatic heterocycles. The fourth-order valence-corrected chi connectivity index (χ4v) is 3.64. The Labute approximate surface area is 130 Å². The number of likely N-dealkylation sites (tertiary alicyclic amines) is 1. The van der Waals surface area contributed by atoms with E-state index in [2.05, 4.69) is 5.32 Å². The quantitative estimate of drug-likeness (QED) is 0.868. The van der Waals surface area contributed by atoms with E-state index in [0.717, 1.165) is 24.8 Å². The van der Waals surface area contributed by atoms with Crippen LogP contribution in [0.15, 0.2) is 30.3 Å². The molecule has 1 heterocycles. The lowest BCUT2D eigenvalue weighted by molar-refractivity contribution is -0.151. The monoisotopic (exact) mass is 302 g/mol. The highest BCUT2D eigenvalue weighted by Crippen LogP contribution is 2.42. The SMILES string of the molecule is CCNC(=O)N1[C@H]2CC[C@@H](C2)[C@@H]1C(=O)OCc1ccccc1. The second kappa shape index (κ2) is 6.38. The van der Waals surface area contributed by atoms with Gasteiger partial charge in [-0.1, -0.05) is 30.3 Å². The lowest BCUT2D eigenvalue weighted by Crippen LogP contribution is -2.53. The molecule has 22 heavy (non-hydrogen) atoms. The molecule has 3 rings (SSSR count).